The molecule has 0 aromatic heterocycles. The van der Waals surface area contributed by atoms with Crippen LogP contribution in [-0.2, 0) is 19.6 Å². The number of aryl methyl sites for hydroxylation is 1. The maximum atomic E-state index is 13.9. The average molecular weight is 582 g/mol. The third kappa shape index (κ3) is 9.72. The summed E-state index contributed by atoms with van der Waals surface area (Å²) in [6, 6.07) is 14.5. The van der Waals surface area contributed by atoms with E-state index in [-0.39, 0.29) is 36.6 Å². The Morgan fingerprint density at radius 1 is 0.881 bits per heavy atom. The molecule has 0 heterocycles. The van der Waals surface area contributed by atoms with E-state index in [0.717, 1.165) is 35.6 Å². The Kier molecular flexibility index (Phi) is 12.6. The molecular formula is C33H41F2N3O4. The van der Waals surface area contributed by atoms with Gasteiger partial charge in [-0.05, 0) is 78.8 Å². The molecule has 0 spiro atoms. The van der Waals surface area contributed by atoms with Crippen LogP contribution in [0.2, 0.25) is 0 Å². The van der Waals surface area contributed by atoms with Crippen LogP contribution in [0.3, 0.4) is 0 Å². The van der Waals surface area contributed by atoms with Crippen LogP contribution in [0, 0.1) is 18.6 Å². The summed E-state index contributed by atoms with van der Waals surface area (Å²) in [6.45, 7) is 7.41. The highest BCUT2D eigenvalue weighted by atomic mass is 19.1. The molecule has 0 bridgehead atoms. The van der Waals surface area contributed by atoms with Crippen molar-refractivity contribution in [3.63, 3.8) is 0 Å². The van der Waals surface area contributed by atoms with Gasteiger partial charge in [-0.1, -0.05) is 38.1 Å². The van der Waals surface area contributed by atoms with Crippen molar-refractivity contribution in [2.24, 2.45) is 0 Å². The summed E-state index contributed by atoms with van der Waals surface area (Å²) in [6.07, 6.45) is 0.483. The number of halogens is 2. The van der Waals surface area contributed by atoms with Gasteiger partial charge in [-0.15, -0.1) is 0 Å². The normalized spacial score (nSPS) is 12.5. The molecule has 0 radical (unpaired) electrons. The molecule has 0 aliphatic rings. The number of hydrogen-bond acceptors (Lipinski definition) is 5. The Labute approximate surface area is 246 Å². The summed E-state index contributed by atoms with van der Waals surface area (Å²) >= 11 is 0. The first kappa shape index (κ1) is 32.8. The maximum absolute atomic E-state index is 13.9. The minimum atomic E-state index is -1.11. The standard InChI is InChI=1S/C33H41F2N3O4/c1-4-9-38(10-5-2)33(42)27-12-22(3)11-26(17-27)32(41)37-30(16-25-14-28(34)18-29(35)15-25)31(40)20-36-19-23-7-6-8-24(13-23)21-39/h6-8,11-15,17-18,30-31,36,39-40H,4-5,9-10,16,19-21H2,1-3H3,(H,37,41). The minimum absolute atomic E-state index is 0.0261. The molecule has 2 atom stereocenters. The summed E-state index contributed by atoms with van der Waals surface area (Å²) in [5.41, 5.74) is 3.33. The molecule has 3 aromatic rings. The van der Waals surface area contributed by atoms with Gasteiger partial charge in [0.25, 0.3) is 11.8 Å². The largest absolute Gasteiger partial charge is 0.392 e. The summed E-state index contributed by atoms with van der Waals surface area (Å²) in [4.78, 5) is 28.4. The van der Waals surface area contributed by atoms with Gasteiger partial charge in [0.1, 0.15) is 11.6 Å². The van der Waals surface area contributed by atoms with Gasteiger partial charge in [0.05, 0.1) is 18.8 Å². The van der Waals surface area contributed by atoms with Crippen LogP contribution in [0.25, 0.3) is 0 Å². The second-order valence-corrected chi connectivity index (χ2v) is 10.6. The van der Waals surface area contributed by atoms with Crippen LogP contribution in [0.1, 0.15) is 69.7 Å². The fourth-order valence-electron chi connectivity index (χ4n) is 4.94. The van der Waals surface area contributed by atoms with E-state index < -0.39 is 29.7 Å². The number of aliphatic hydroxyl groups excluding tert-OH is 2. The van der Waals surface area contributed by atoms with E-state index in [2.05, 4.69) is 10.6 Å². The smallest absolute Gasteiger partial charge is 0.253 e. The second kappa shape index (κ2) is 16.1. The number of nitrogens with one attached hydrogen (secondary N) is 2. The zero-order valence-corrected chi connectivity index (χ0v) is 24.5. The van der Waals surface area contributed by atoms with Crippen molar-refractivity contribution in [3.8, 4) is 0 Å². The lowest BCUT2D eigenvalue weighted by atomic mass is 9.99. The zero-order valence-electron chi connectivity index (χ0n) is 24.5. The number of aliphatic hydroxyl groups is 2. The van der Waals surface area contributed by atoms with Crippen molar-refractivity contribution >= 4 is 11.8 Å². The fraction of sp³-hybridized carbons (Fsp3) is 0.394. The summed E-state index contributed by atoms with van der Waals surface area (Å²) in [5, 5.41) is 26.4. The SMILES string of the molecule is CCCN(CCC)C(=O)c1cc(C)cc(C(=O)NC(Cc2cc(F)cc(F)c2)C(O)CNCc2cccc(CO)c2)c1. The Hall–Kier alpha value is -3.66. The lowest BCUT2D eigenvalue weighted by molar-refractivity contribution is 0.0755. The van der Waals surface area contributed by atoms with Gasteiger partial charge in [-0.25, -0.2) is 8.78 Å². The zero-order chi connectivity index (χ0) is 30.6. The highest BCUT2D eigenvalue weighted by Gasteiger charge is 2.24. The highest BCUT2D eigenvalue weighted by Crippen LogP contribution is 2.16. The van der Waals surface area contributed by atoms with Crippen molar-refractivity contribution in [3.05, 3.63) is 106 Å². The van der Waals surface area contributed by atoms with Crippen LogP contribution >= 0.6 is 0 Å². The van der Waals surface area contributed by atoms with Crippen LogP contribution < -0.4 is 10.6 Å². The van der Waals surface area contributed by atoms with Crippen molar-refractivity contribution in [2.45, 2.75) is 65.3 Å². The maximum Gasteiger partial charge on any atom is 0.253 e. The molecule has 0 aliphatic carbocycles. The van der Waals surface area contributed by atoms with E-state index >= 15 is 0 Å². The van der Waals surface area contributed by atoms with Crippen LogP contribution in [0.5, 0.6) is 0 Å². The van der Waals surface area contributed by atoms with E-state index in [1.165, 1.54) is 12.1 Å². The molecule has 2 amide bonds. The third-order valence-electron chi connectivity index (χ3n) is 6.88. The van der Waals surface area contributed by atoms with Gasteiger partial charge in [0, 0.05) is 43.4 Å². The van der Waals surface area contributed by atoms with E-state index in [9.17, 15) is 28.6 Å². The average Bonchev–Trinajstić information content (AvgIpc) is 2.95. The van der Waals surface area contributed by atoms with E-state index in [1.54, 1.807) is 36.1 Å². The molecule has 0 saturated carbocycles. The van der Waals surface area contributed by atoms with Crippen LogP contribution in [-0.4, -0.2) is 58.7 Å². The van der Waals surface area contributed by atoms with Gasteiger partial charge in [-0.2, -0.15) is 0 Å². The predicted octanol–water partition coefficient (Wildman–Crippen LogP) is 4.52. The number of benzene rings is 3. The summed E-state index contributed by atoms with van der Waals surface area (Å²) < 4.78 is 27.9. The molecule has 4 N–H and O–H groups in total. The molecule has 0 fully saturated rings. The number of rotatable bonds is 15. The molecule has 9 heteroatoms. The van der Waals surface area contributed by atoms with Gasteiger partial charge in [0.2, 0.25) is 0 Å². The number of amides is 2. The molecule has 0 aliphatic heterocycles. The topological polar surface area (TPSA) is 102 Å². The van der Waals surface area contributed by atoms with Gasteiger partial charge in [0.15, 0.2) is 0 Å². The van der Waals surface area contributed by atoms with Crippen molar-refractivity contribution in [1.29, 1.82) is 0 Å². The number of nitrogens with zero attached hydrogens (tertiary/aromatic N) is 1. The first-order valence-corrected chi connectivity index (χ1v) is 14.4. The quantitative estimate of drug-likeness (QED) is 0.212. The van der Waals surface area contributed by atoms with Crippen LogP contribution in [0.15, 0.2) is 60.7 Å². The monoisotopic (exact) mass is 581 g/mol. The van der Waals surface area contributed by atoms with Crippen molar-refractivity contribution < 1.29 is 28.6 Å². The van der Waals surface area contributed by atoms with Gasteiger partial charge >= 0.3 is 0 Å². The van der Waals surface area contributed by atoms with E-state index in [1.807, 2.05) is 32.0 Å². The molecule has 3 aromatic carbocycles. The number of hydrogen-bond donors (Lipinski definition) is 4. The first-order chi connectivity index (χ1) is 20.1. The lowest BCUT2D eigenvalue weighted by Crippen LogP contribution is -2.48. The molecule has 0 saturated heterocycles. The van der Waals surface area contributed by atoms with Gasteiger partial charge < -0.3 is 25.7 Å². The number of carbonyl (C=O) groups excluding carboxylic acids is 2. The van der Waals surface area contributed by atoms with Gasteiger partial charge in [-0.3, -0.25) is 9.59 Å². The molecule has 226 valence electrons. The van der Waals surface area contributed by atoms with Crippen molar-refractivity contribution in [2.75, 3.05) is 19.6 Å². The molecule has 7 nitrogen and oxygen atoms in total. The first-order valence-electron chi connectivity index (χ1n) is 14.4. The minimum Gasteiger partial charge on any atom is -0.392 e. The van der Waals surface area contributed by atoms with Crippen LogP contribution in [0.4, 0.5) is 8.78 Å². The van der Waals surface area contributed by atoms with E-state index in [0.29, 0.717) is 25.2 Å². The predicted molar refractivity (Wildman–Crippen MR) is 159 cm³/mol. The molecule has 2 unspecified atom stereocenters. The van der Waals surface area contributed by atoms with Crippen molar-refractivity contribution in [1.82, 2.24) is 15.5 Å². The molecular weight excluding hydrogens is 540 g/mol. The molecule has 42 heavy (non-hydrogen) atoms. The van der Waals surface area contributed by atoms with E-state index in [4.69, 9.17) is 0 Å². The summed E-state index contributed by atoms with van der Waals surface area (Å²) in [7, 11) is 0. The fourth-order valence-corrected chi connectivity index (χ4v) is 4.94. The Balaban J connectivity index is 1.80. The number of carbonyl (C=O) groups is 2. The highest BCUT2D eigenvalue weighted by molar-refractivity contribution is 6.00. The Bertz CT molecular complexity index is 1320. The second-order valence-electron chi connectivity index (χ2n) is 10.6. The Morgan fingerprint density at radius 2 is 1.52 bits per heavy atom. The summed E-state index contributed by atoms with van der Waals surface area (Å²) in [5.74, 6) is -2.17. The Morgan fingerprint density at radius 3 is 2.17 bits per heavy atom. The third-order valence-corrected chi connectivity index (χ3v) is 6.88. The lowest BCUT2D eigenvalue weighted by Gasteiger charge is -2.25. The molecule has 3 rings (SSSR count).